The van der Waals surface area contributed by atoms with Crippen molar-refractivity contribution in [2.45, 2.75) is 18.6 Å². The lowest BCUT2D eigenvalue weighted by Gasteiger charge is -2.38. The molecule has 0 aliphatic carbocycles. The van der Waals surface area contributed by atoms with E-state index in [-0.39, 0.29) is 11.8 Å². The highest BCUT2D eigenvalue weighted by Gasteiger charge is 2.39. The lowest BCUT2D eigenvalue weighted by Crippen LogP contribution is -2.45. The largest absolute Gasteiger partial charge is 0.356 e. The van der Waals surface area contributed by atoms with E-state index in [0.29, 0.717) is 18.9 Å². The predicted molar refractivity (Wildman–Crippen MR) is 99.4 cm³/mol. The van der Waals surface area contributed by atoms with Crippen molar-refractivity contribution >= 4 is 23.2 Å². The SMILES string of the molecule is O=C(Nc1ccccc1)Nc1ccc(N2CCC3(CC2)OCCO3)nc1. The van der Waals surface area contributed by atoms with Crippen LogP contribution in [0.3, 0.4) is 0 Å². The third-order valence-corrected chi connectivity index (χ3v) is 4.70. The highest BCUT2D eigenvalue weighted by atomic mass is 16.7. The zero-order chi connectivity index (χ0) is 17.8. The Morgan fingerprint density at radius 1 is 0.962 bits per heavy atom. The molecule has 2 N–H and O–H groups in total. The van der Waals surface area contributed by atoms with Crippen LogP contribution in [0.1, 0.15) is 12.8 Å². The third kappa shape index (κ3) is 3.79. The van der Waals surface area contributed by atoms with Crippen LogP contribution >= 0.6 is 0 Å². The molecular weight excluding hydrogens is 332 g/mol. The monoisotopic (exact) mass is 354 g/mol. The molecule has 4 rings (SSSR count). The number of ether oxygens (including phenoxy) is 2. The Kier molecular flexibility index (Phi) is 4.73. The van der Waals surface area contributed by atoms with Crippen LogP contribution in [0, 0.1) is 0 Å². The summed E-state index contributed by atoms with van der Waals surface area (Å²) in [7, 11) is 0. The summed E-state index contributed by atoms with van der Waals surface area (Å²) in [6, 6.07) is 12.8. The molecule has 2 saturated heterocycles. The third-order valence-electron chi connectivity index (χ3n) is 4.70. The van der Waals surface area contributed by atoms with Crippen LogP contribution in [0.4, 0.5) is 22.0 Å². The van der Waals surface area contributed by atoms with Crippen LogP contribution in [0.25, 0.3) is 0 Å². The quantitative estimate of drug-likeness (QED) is 0.886. The number of nitrogens with one attached hydrogen (secondary N) is 2. The Balaban J connectivity index is 1.31. The molecule has 1 aromatic carbocycles. The second-order valence-corrected chi connectivity index (χ2v) is 6.44. The maximum Gasteiger partial charge on any atom is 0.323 e. The van der Waals surface area contributed by atoms with Gasteiger partial charge in [0.1, 0.15) is 5.82 Å². The highest BCUT2D eigenvalue weighted by Crippen LogP contribution is 2.32. The van der Waals surface area contributed by atoms with Crippen molar-refractivity contribution in [1.29, 1.82) is 0 Å². The number of para-hydroxylation sites is 1. The van der Waals surface area contributed by atoms with E-state index in [4.69, 9.17) is 9.47 Å². The van der Waals surface area contributed by atoms with E-state index in [1.807, 2.05) is 42.5 Å². The Labute approximate surface area is 152 Å². The molecule has 2 amide bonds. The van der Waals surface area contributed by atoms with Crippen molar-refractivity contribution in [1.82, 2.24) is 4.98 Å². The number of urea groups is 1. The van der Waals surface area contributed by atoms with E-state index in [1.165, 1.54) is 0 Å². The number of hydrogen-bond donors (Lipinski definition) is 2. The molecule has 0 unspecified atom stereocenters. The number of carbonyl (C=O) groups excluding carboxylic acids is 1. The smallest absolute Gasteiger partial charge is 0.323 e. The van der Waals surface area contributed by atoms with Crippen LogP contribution in [0.2, 0.25) is 0 Å². The van der Waals surface area contributed by atoms with E-state index >= 15 is 0 Å². The lowest BCUT2D eigenvalue weighted by atomic mass is 10.0. The number of amides is 2. The number of carbonyl (C=O) groups is 1. The molecule has 7 nitrogen and oxygen atoms in total. The molecule has 7 heteroatoms. The molecule has 2 aliphatic rings. The van der Waals surface area contributed by atoms with Gasteiger partial charge in [-0.15, -0.1) is 0 Å². The first-order valence-electron chi connectivity index (χ1n) is 8.84. The Morgan fingerprint density at radius 2 is 1.65 bits per heavy atom. The van der Waals surface area contributed by atoms with Gasteiger partial charge >= 0.3 is 6.03 Å². The van der Waals surface area contributed by atoms with Crippen LogP contribution in [-0.2, 0) is 9.47 Å². The summed E-state index contributed by atoms with van der Waals surface area (Å²) in [5.41, 5.74) is 1.39. The minimum absolute atomic E-state index is 0.291. The van der Waals surface area contributed by atoms with Crippen LogP contribution in [-0.4, -0.2) is 43.1 Å². The second-order valence-electron chi connectivity index (χ2n) is 6.44. The van der Waals surface area contributed by atoms with Crippen molar-refractivity contribution < 1.29 is 14.3 Å². The van der Waals surface area contributed by atoms with Crippen molar-refractivity contribution in [3.8, 4) is 0 Å². The zero-order valence-electron chi connectivity index (χ0n) is 14.5. The summed E-state index contributed by atoms with van der Waals surface area (Å²) >= 11 is 0. The fourth-order valence-electron chi connectivity index (χ4n) is 3.32. The minimum Gasteiger partial charge on any atom is -0.356 e. The van der Waals surface area contributed by atoms with E-state index in [2.05, 4.69) is 20.5 Å². The number of pyridine rings is 1. The molecule has 0 atom stereocenters. The van der Waals surface area contributed by atoms with Gasteiger partial charge in [0, 0.05) is 31.6 Å². The van der Waals surface area contributed by atoms with Crippen LogP contribution in [0.15, 0.2) is 48.7 Å². The van der Waals surface area contributed by atoms with Crippen LogP contribution < -0.4 is 15.5 Å². The number of nitrogens with zero attached hydrogens (tertiary/aromatic N) is 2. The molecule has 2 aliphatic heterocycles. The van der Waals surface area contributed by atoms with Crippen molar-refractivity contribution in [2.24, 2.45) is 0 Å². The van der Waals surface area contributed by atoms with Crippen molar-refractivity contribution in [3.05, 3.63) is 48.7 Å². The fourth-order valence-corrected chi connectivity index (χ4v) is 3.32. The van der Waals surface area contributed by atoms with Crippen molar-refractivity contribution in [2.75, 3.05) is 41.8 Å². The Bertz CT molecular complexity index is 735. The summed E-state index contributed by atoms with van der Waals surface area (Å²) in [5.74, 6) is 0.514. The number of rotatable bonds is 3. The number of piperidine rings is 1. The normalized spacial score (nSPS) is 18.7. The summed E-state index contributed by atoms with van der Waals surface area (Å²) in [6.07, 6.45) is 3.36. The molecule has 0 bridgehead atoms. The average Bonchev–Trinajstić information content (AvgIpc) is 3.12. The number of hydrogen-bond acceptors (Lipinski definition) is 5. The summed E-state index contributed by atoms with van der Waals surface area (Å²) < 4.78 is 11.5. The van der Waals surface area contributed by atoms with E-state index in [1.54, 1.807) is 6.20 Å². The van der Waals surface area contributed by atoms with E-state index < -0.39 is 0 Å². The maximum atomic E-state index is 12.0. The summed E-state index contributed by atoms with van der Waals surface area (Å²) in [4.78, 5) is 18.7. The zero-order valence-corrected chi connectivity index (χ0v) is 14.5. The summed E-state index contributed by atoms with van der Waals surface area (Å²) in [6.45, 7) is 3.05. The molecular formula is C19H22N4O3. The van der Waals surface area contributed by atoms with E-state index in [9.17, 15) is 4.79 Å². The number of benzene rings is 1. The minimum atomic E-state index is -0.381. The maximum absolute atomic E-state index is 12.0. The topological polar surface area (TPSA) is 75.7 Å². The first-order chi connectivity index (χ1) is 12.7. The predicted octanol–water partition coefficient (Wildman–Crippen LogP) is 3.07. The molecule has 136 valence electrons. The molecule has 0 saturated carbocycles. The van der Waals surface area contributed by atoms with Gasteiger partial charge in [-0.1, -0.05) is 18.2 Å². The molecule has 2 fully saturated rings. The molecule has 26 heavy (non-hydrogen) atoms. The Hall–Kier alpha value is -2.64. The summed E-state index contributed by atoms with van der Waals surface area (Å²) in [5, 5.41) is 5.57. The van der Waals surface area contributed by atoms with Gasteiger partial charge in [0.15, 0.2) is 5.79 Å². The molecule has 0 radical (unpaired) electrons. The Morgan fingerprint density at radius 3 is 2.31 bits per heavy atom. The first-order valence-corrected chi connectivity index (χ1v) is 8.84. The standard InChI is InChI=1S/C19H22N4O3/c24-18(21-15-4-2-1-3-5-15)22-16-6-7-17(20-14-16)23-10-8-19(9-11-23)25-12-13-26-19/h1-7,14H,8-13H2,(H2,21,22,24). The molecule has 1 aromatic heterocycles. The fraction of sp³-hybridized carbons (Fsp3) is 0.368. The van der Waals surface area contributed by atoms with Gasteiger partial charge in [-0.2, -0.15) is 0 Å². The molecule has 1 spiro atoms. The number of aromatic nitrogens is 1. The van der Waals surface area contributed by atoms with E-state index in [0.717, 1.165) is 37.4 Å². The van der Waals surface area contributed by atoms with Gasteiger partial charge in [-0.05, 0) is 24.3 Å². The highest BCUT2D eigenvalue weighted by molar-refractivity contribution is 5.99. The van der Waals surface area contributed by atoms with Crippen molar-refractivity contribution in [3.63, 3.8) is 0 Å². The second kappa shape index (κ2) is 7.31. The average molecular weight is 354 g/mol. The van der Waals surface area contributed by atoms with Gasteiger partial charge < -0.3 is 25.0 Å². The number of anilines is 3. The van der Waals surface area contributed by atoms with Gasteiger partial charge in [0.05, 0.1) is 25.1 Å². The van der Waals surface area contributed by atoms with Gasteiger partial charge in [0.25, 0.3) is 0 Å². The lowest BCUT2D eigenvalue weighted by molar-refractivity contribution is -0.169. The van der Waals surface area contributed by atoms with Gasteiger partial charge in [-0.3, -0.25) is 0 Å². The van der Waals surface area contributed by atoms with Gasteiger partial charge in [0.2, 0.25) is 0 Å². The van der Waals surface area contributed by atoms with Gasteiger partial charge in [-0.25, -0.2) is 9.78 Å². The molecule has 3 heterocycles. The van der Waals surface area contributed by atoms with Crippen LogP contribution in [0.5, 0.6) is 0 Å². The first kappa shape index (κ1) is 16.8. The molecule has 2 aromatic rings.